The molecule has 0 aliphatic rings. The molecule has 1 heterocycles. The second-order valence-corrected chi connectivity index (χ2v) is 7.38. The van der Waals surface area contributed by atoms with E-state index in [9.17, 15) is 4.79 Å². The van der Waals surface area contributed by atoms with Gasteiger partial charge < -0.3 is 18.8 Å². The van der Waals surface area contributed by atoms with Gasteiger partial charge in [-0.05, 0) is 30.5 Å². The minimum atomic E-state index is -0.202. The van der Waals surface area contributed by atoms with E-state index in [0.29, 0.717) is 25.6 Å². The van der Waals surface area contributed by atoms with Crippen LogP contribution >= 0.6 is 0 Å². The summed E-state index contributed by atoms with van der Waals surface area (Å²) in [6, 6.07) is 15.7. The van der Waals surface area contributed by atoms with Crippen molar-refractivity contribution in [1.29, 1.82) is 0 Å². The molecule has 0 bridgehead atoms. The Hall–Kier alpha value is -2.95. The summed E-state index contributed by atoms with van der Waals surface area (Å²) in [5, 5.41) is 0.836. The zero-order chi connectivity index (χ0) is 21.3. The van der Waals surface area contributed by atoms with E-state index in [2.05, 4.69) is 13.8 Å². The van der Waals surface area contributed by atoms with Crippen molar-refractivity contribution in [2.45, 2.75) is 46.1 Å². The number of rotatable bonds is 11. The van der Waals surface area contributed by atoms with Crippen molar-refractivity contribution in [3.8, 4) is 17.2 Å². The first-order chi connectivity index (χ1) is 14.7. The van der Waals surface area contributed by atoms with E-state index < -0.39 is 0 Å². The molecule has 0 amide bonds. The van der Waals surface area contributed by atoms with Gasteiger partial charge >= 0.3 is 0 Å². The second kappa shape index (κ2) is 10.7. The molecule has 0 spiro atoms. The number of hydrogen-bond donors (Lipinski definition) is 0. The molecule has 0 fully saturated rings. The van der Waals surface area contributed by atoms with Crippen molar-refractivity contribution in [3.63, 3.8) is 0 Å². The van der Waals surface area contributed by atoms with Crippen LogP contribution in [0.15, 0.2) is 53.3 Å². The molecular weight excluding hydrogens is 378 g/mol. The molecule has 30 heavy (non-hydrogen) atoms. The van der Waals surface area contributed by atoms with E-state index in [4.69, 9.17) is 14.2 Å². The first kappa shape index (κ1) is 21.8. The van der Waals surface area contributed by atoms with Crippen LogP contribution in [0, 0.1) is 0 Å². The van der Waals surface area contributed by atoms with Crippen molar-refractivity contribution in [1.82, 2.24) is 4.57 Å². The molecule has 3 rings (SSSR count). The lowest BCUT2D eigenvalue weighted by molar-refractivity contribution is 0.257. The molecule has 5 heteroatoms. The number of aryl methyl sites for hydroxylation is 1. The van der Waals surface area contributed by atoms with Crippen molar-refractivity contribution in [2.75, 3.05) is 13.2 Å². The Morgan fingerprint density at radius 1 is 0.833 bits per heavy atom. The van der Waals surface area contributed by atoms with Gasteiger partial charge in [-0.15, -0.1) is 0 Å². The highest BCUT2D eigenvalue weighted by atomic mass is 16.5. The Morgan fingerprint density at radius 3 is 2.23 bits per heavy atom. The van der Waals surface area contributed by atoms with E-state index in [1.54, 1.807) is 11.6 Å². The fourth-order valence-corrected chi connectivity index (χ4v) is 3.21. The van der Waals surface area contributed by atoms with Crippen LogP contribution < -0.4 is 19.8 Å². The maximum absolute atomic E-state index is 13.1. The van der Waals surface area contributed by atoms with Crippen LogP contribution in [0.4, 0.5) is 0 Å². The topological polar surface area (TPSA) is 49.7 Å². The lowest BCUT2D eigenvalue weighted by Gasteiger charge is -2.18. The second-order valence-electron chi connectivity index (χ2n) is 7.38. The molecule has 0 unspecified atom stereocenters. The third-order valence-electron chi connectivity index (χ3n) is 5.02. The predicted molar refractivity (Wildman–Crippen MR) is 121 cm³/mol. The van der Waals surface area contributed by atoms with Crippen LogP contribution in [0.5, 0.6) is 17.2 Å². The molecule has 1 aromatic heterocycles. The van der Waals surface area contributed by atoms with Gasteiger partial charge in [0.25, 0.3) is 5.56 Å². The maximum atomic E-state index is 13.1. The van der Waals surface area contributed by atoms with Gasteiger partial charge in [-0.2, -0.15) is 0 Å². The zero-order valence-electron chi connectivity index (χ0n) is 18.1. The monoisotopic (exact) mass is 409 g/mol. The average Bonchev–Trinajstić information content (AvgIpc) is 2.77. The molecule has 3 aromatic rings. The van der Waals surface area contributed by atoms with Gasteiger partial charge in [0.1, 0.15) is 12.4 Å². The van der Waals surface area contributed by atoms with Crippen LogP contribution in [-0.4, -0.2) is 17.8 Å². The van der Waals surface area contributed by atoms with Gasteiger partial charge in [0.2, 0.25) is 5.75 Å². The van der Waals surface area contributed by atoms with Gasteiger partial charge in [0.15, 0.2) is 5.75 Å². The van der Waals surface area contributed by atoms with E-state index >= 15 is 0 Å². The molecule has 0 aliphatic carbocycles. The highest BCUT2D eigenvalue weighted by Crippen LogP contribution is 2.35. The van der Waals surface area contributed by atoms with Gasteiger partial charge in [-0.25, -0.2) is 0 Å². The summed E-state index contributed by atoms with van der Waals surface area (Å²) in [4.78, 5) is 13.1. The van der Waals surface area contributed by atoms with Crippen molar-refractivity contribution >= 4 is 10.9 Å². The predicted octanol–water partition coefficient (Wildman–Crippen LogP) is 5.48. The molecule has 0 saturated carbocycles. The fraction of sp³-hybridized carbons (Fsp3) is 0.400. The molecule has 160 valence electrons. The van der Waals surface area contributed by atoms with Gasteiger partial charge in [-0.1, -0.05) is 57.0 Å². The summed E-state index contributed by atoms with van der Waals surface area (Å²) < 4.78 is 19.5. The van der Waals surface area contributed by atoms with Gasteiger partial charge in [0, 0.05) is 18.5 Å². The average molecular weight is 410 g/mol. The van der Waals surface area contributed by atoms with Crippen LogP contribution in [0.2, 0.25) is 0 Å². The standard InChI is InChI=1S/C25H31NO4/c1-4-6-15-28-20-13-14-21-22(17-20)26(3)25(27)24(29-16-7-5-2)23(21)30-18-19-11-9-8-10-12-19/h8-14,17H,4-7,15-16,18H2,1-3H3. The molecular formula is C25H31NO4. The Labute approximate surface area is 178 Å². The molecule has 5 nitrogen and oxygen atoms in total. The van der Waals surface area contributed by atoms with Crippen molar-refractivity contribution in [2.24, 2.45) is 7.05 Å². The van der Waals surface area contributed by atoms with Crippen molar-refractivity contribution < 1.29 is 14.2 Å². The normalized spacial score (nSPS) is 10.9. The third-order valence-corrected chi connectivity index (χ3v) is 5.02. The first-order valence-corrected chi connectivity index (χ1v) is 10.7. The van der Waals surface area contributed by atoms with E-state index in [0.717, 1.165) is 47.9 Å². The third kappa shape index (κ3) is 5.15. The summed E-state index contributed by atoms with van der Waals surface area (Å²) in [6.07, 6.45) is 3.94. The number of ether oxygens (including phenoxy) is 3. The highest BCUT2D eigenvalue weighted by molar-refractivity contribution is 5.89. The molecule has 0 radical (unpaired) electrons. The molecule has 0 N–H and O–H groups in total. The number of fused-ring (bicyclic) bond motifs is 1. The Kier molecular flexibility index (Phi) is 7.77. The van der Waals surface area contributed by atoms with E-state index in [1.165, 1.54) is 0 Å². The number of nitrogens with zero attached hydrogens (tertiary/aromatic N) is 1. The van der Waals surface area contributed by atoms with Crippen LogP contribution in [0.25, 0.3) is 10.9 Å². The molecule has 2 aromatic carbocycles. The van der Waals surface area contributed by atoms with Crippen LogP contribution in [0.1, 0.15) is 45.1 Å². The number of pyridine rings is 1. The number of unbranched alkanes of at least 4 members (excludes halogenated alkanes) is 2. The Balaban J connectivity index is 2.01. The van der Waals surface area contributed by atoms with Gasteiger partial charge in [0.05, 0.1) is 18.7 Å². The Morgan fingerprint density at radius 2 is 1.53 bits per heavy atom. The maximum Gasteiger partial charge on any atom is 0.297 e. The largest absolute Gasteiger partial charge is 0.494 e. The SMILES string of the molecule is CCCCOc1ccc2c(OCc3ccccc3)c(OCCCC)c(=O)n(C)c2c1. The summed E-state index contributed by atoms with van der Waals surface area (Å²) >= 11 is 0. The summed E-state index contributed by atoms with van der Waals surface area (Å²) in [5.41, 5.74) is 1.60. The number of aromatic nitrogens is 1. The lowest BCUT2D eigenvalue weighted by atomic mass is 10.1. The number of benzene rings is 2. The minimum Gasteiger partial charge on any atom is -0.494 e. The molecule has 0 atom stereocenters. The molecule has 0 aliphatic heterocycles. The fourth-order valence-electron chi connectivity index (χ4n) is 3.21. The number of hydrogen-bond acceptors (Lipinski definition) is 4. The summed E-state index contributed by atoms with van der Waals surface area (Å²) in [5.74, 6) is 1.52. The quantitative estimate of drug-likeness (QED) is 0.394. The van der Waals surface area contributed by atoms with Crippen molar-refractivity contribution in [3.05, 3.63) is 64.4 Å². The van der Waals surface area contributed by atoms with Crippen LogP contribution in [-0.2, 0) is 13.7 Å². The zero-order valence-corrected chi connectivity index (χ0v) is 18.1. The Bertz CT molecular complexity index is 1010. The summed E-state index contributed by atoms with van der Waals surface area (Å²) in [7, 11) is 1.76. The minimum absolute atomic E-state index is 0.202. The molecule has 0 saturated heterocycles. The lowest BCUT2D eigenvalue weighted by Crippen LogP contribution is -2.21. The van der Waals surface area contributed by atoms with E-state index in [1.807, 2.05) is 48.5 Å². The van der Waals surface area contributed by atoms with E-state index in [-0.39, 0.29) is 11.3 Å². The smallest absolute Gasteiger partial charge is 0.297 e. The van der Waals surface area contributed by atoms with Crippen LogP contribution in [0.3, 0.4) is 0 Å². The van der Waals surface area contributed by atoms with Gasteiger partial charge in [-0.3, -0.25) is 4.79 Å². The summed E-state index contributed by atoms with van der Waals surface area (Å²) in [6.45, 7) is 5.73. The first-order valence-electron chi connectivity index (χ1n) is 10.7. The highest BCUT2D eigenvalue weighted by Gasteiger charge is 2.19.